The van der Waals surface area contributed by atoms with Crippen LogP contribution in [-0.4, -0.2) is 50.6 Å². The van der Waals surface area contributed by atoms with Crippen molar-refractivity contribution < 1.29 is 19.1 Å². The number of para-hydroxylation sites is 2. The Hall–Kier alpha value is -2.08. The van der Waals surface area contributed by atoms with E-state index in [9.17, 15) is 9.59 Å². The van der Waals surface area contributed by atoms with Gasteiger partial charge in [0.15, 0.2) is 0 Å². The van der Waals surface area contributed by atoms with E-state index < -0.39 is 0 Å². The first kappa shape index (κ1) is 17.0. The van der Waals surface area contributed by atoms with E-state index in [1.165, 1.54) is 6.92 Å². The van der Waals surface area contributed by atoms with Crippen LogP contribution >= 0.6 is 0 Å². The number of methoxy groups -OCH3 is 2. The fraction of sp³-hybridized carbons (Fsp3) is 0.467. The zero-order valence-electron chi connectivity index (χ0n) is 12.7. The highest BCUT2D eigenvalue weighted by molar-refractivity contribution is 5.92. The van der Waals surface area contributed by atoms with E-state index in [4.69, 9.17) is 9.47 Å². The number of nitrogens with zero attached hydrogens (tertiary/aromatic N) is 1. The first-order chi connectivity index (χ1) is 10.1. The summed E-state index contributed by atoms with van der Waals surface area (Å²) >= 11 is 0. The highest BCUT2D eigenvalue weighted by Crippen LogP contribution is 2.22. The molecule has 0 saturated heterocycles. The summed E-state index contributed by atoms with van der Waals surface area (Å²) in [5.74, 6) is 0.369. The molecule has 6 heteroatoms. The molecule has 116 valence electrons. The minimum Gasteiger partial charge on any atom is -0.495 e. The van der Waals surface area contributed by atoms with E-state index >= 15 is 0 Å². The van der Waals surface area contributed by atoms with Gasteiger partial charge in [0.1, 0.15) is 5.75 Å². The third kappa shape index (κ3) is 5.83. The zero-order valence-corrected chi connectivity index (χ0v) is 12.7. The molecule has 0 saturated carbocycles. The maximum atomic E-state index is 11.9. The van der Waals surface area contributed by atoms with Crippen LogP contribution in [0.25, 0.3) is 0 Å². The normalized spacial score (nSPS) is 10.0. The third-order valence-electron chi connectivity index (χ3n) is 3.00. The number of anilines is 1. The van der Waals surface area contributed by atoms with Gasteiger partial charge in [0, 0.05) is 33.5 Å². The fourth-order valence-corrected chi connectivity index (χ4v) is 1.83. The summed E-state index contributed by atoms with van der Waals surface area (Å²) < 4.78 is 10.1. The SMILES string of the molecule is COCCN(CCC(=O)Nc1ccccc1OC)C(C)=O. The van der Waals surface area contributed by atoms with Gasteiger partial charge in [-0.1, -0.05) is 12.1 Å². The number of benzene rings is 1. The van der Waals surface area contributed by atoms with E-state index in [0.717, 1.165) is 0 Å². The molecule has 0 aromatic heterocycles. The molecule has 1 rings (SSSR count). The molecule has 0 bridgehead atoms. The van der Waals surface area contributed by atoms with E-state index in [1.54, 1.807) is 31.3 Å². The van der Waals surface area contributed by atoms with Crippen molar-refractivity contribution in [2.75, 3.05) is 39.2 Å². The molecule has 0 radical (unpaired) electrons. The molecule has 6 nitrogen and oxygen atoms in total. The van der Waals surface area contributed by atoms with Gasteiger partial charge in [-0.25, -0.2) is 0 Å². The van der Waals surface area contributed by atoms with Gasteiger partial charge in [-0.3, -0.25) is 9.59 Å². The molecule has 0 heterocycles. The van der Waals surface area contributed by atoms with Gasteiger partial charge in [0.2, 0.25) is 11.8 Å². The Kier molecular flexibility index (Phi) is 7.25. The fourth-order valence-electron chi connectivity index (χ4n) is 1.83. The number of hydrogen-bond donors (Lipinski definition) is 1. The minimum atomic E-state index is -0.164. The van der Waals surface area contributed by atoms with Crippen LogP contribution in [0, 0.1) is 0 Å². The van der Waals surface area contributed by atoms with Crippen LogP contribution in [0.5, 0.6) is 5.75 Å². The average Bonchev–Trinajstić information content (AvgIpc) is 2.47. The Morgan fingerprint density at radius 1 is 1.19 bits per heavy atom. The average molecular weight is 294 g/mol. The molecule has 0 spiro atoms. The molecule has 1 aromatic carbocycles. The van der Waals surface area contributed by atoms with Crippen LogP contribution in [-0.2, 0) is 14.3 Å². The summed E-state index contributed by atoms with van der Waals surface area (Å²) in [5, 5.41) is 2.78. The molecule has 1 N–H and O–H groups in total. The number of carbonyl (C=O) groups excluding carboxylic acids is 2. The number of ether oxygens (including phenoxy) is 2. The first-order valence-corrected chi connectivity index (χ1v) is 6.75. The van der Waals surface area contributed by atoms with Crippen molar-refractivity contribution in [2.24, 2.45) is 0 Å². The molecular weight excluding hydrogens is 272 g/mol. The quantitative estimate of drug-likeness (QED) is 0.789. The lowest BCUT2D eigenvalue weighted by molar-refractivity contribution is -0.130. The van der Waals surface area contributed by atoms with E-state index in [0.29, 0.717) is 31.1 Å². The molecule has 21 heavy (non-hydrogen) atoms. The summed E-state index contributed by atoms with van der Waals surface area (Å²) in [5.41, 5.74) is 0.622. The minimum absolute atomic E-state index is 0.0721. The summed E-state index contributed by atoms with van der Waals surface area (Å²) in [6.45, 7) is 2.77. The van der Waals surface area contributed by atoms with Crippen LogP contribution in [0.4, 0.5) is 5.69 Å². The number of rotatable bonds is 8. The maximum Gasteiger partial charge on any atom is 0.226 e. The molecule has 0 atom stereocenters. The number of nitrogens with one attached hydrogen (secondary N) is 1. The lowest BCUT2D eigenvalue weighted by Gasteiger charge is -2.20. The van der Waals surface area contributed by atoms with Gasteiger partial charge in [-0.15, -0.1) is 0 Å². The van der Waals surface area contributed by atoms with Crippen molar-refractivity contribution in [2.45, 2.75) is 13.3 Å². The number of hydrogen-bond acceptors (Lipinski definition) is 4. The van der Waals surface area contributed by atoms with Crippen molar-refractivity contribution in [3.8, 4) is 5.75 Å². The molecule has 2 amide bonds. The van der Waals surface area contributed by atoms with E-state index in [-0.39, 0.29) is 18.2 Å². The van der Waals surface area contributed by atoms with Crippen LogP contribution in [0.2, 0.25) is 0 Å². The summed E-state index contributed by atoms with van der Waals surface area (Å²) in [6.07, 6.45) is 0.224. The van der Waals surface area contributed by atoms with Gasteiger partial charge in [0.05, 0.1) is 19.4 Å². The summed E-state index contributed by atoms with van der Waals surface area (Å²) in [7, 11) is 3.12. The van der Waals surface area contributed by atoms with Gasteiger partial charge in [-0.2, -0.15) is 0 Å². The van der Waals surface area contributed by atoms with Crippen LogP contribution in [0.1, 0.15) is 13.3 Å². The second-order valence-corrected chi connectivity index (χ2v) is 4.50. The molecule has 0 aliphatic rings. The predicted octanol–water partition coefficient (Wildman–Crippen LogP) is 1.52. The van der Waals surface area contributed by atoms with Gasteiger partial charge < -0.3 is 19.7 Å². The number of carbonyl (C=O) groups is 2. The molecule has 0 aliphatic heterocycles. The standard InChI is InChI=1S/C15H22N2O4/c1-12(18)17(10-11-20-2)9-8-15(19)16-13-6-4-5-7-14(13)21-3/h4-7H,8-11H2,1-3H3,(H,16,19). The molecular formula is C15H22N2O4. The predicted molar refractivity (Wildman–Crippen MR) is 80.4 cm³/mol. The van der Waals surface area contributed by atoms with Crippen molar-refractivity contribution in [1.29, 1.82) is 0 Å². The summed E-state index contributed by atoms with van der Waals surface area (Å²) in [4.78, 5) is 25.0. The lowest BCUT2D eigenvalue weighted by atomic mass is 10.2. The Morgan fingerprint density at radius 2 is 1.90 bits per heavy atom. The Balaban J connectivity index is 2.51. The summed E-state index contributed by atoms with van der Waals surface area (Å²) in [6, 6.07) is 7.19. The third-order valence-corrected chi connectivity index (χ3v) is 3.00. The van der Waals surface area contributed by atoms with Crippen LogP contribution < -0.4 is 10.1 Å². The molecule has 1 aromatic rings. The Bertz CT molecular complexity index is 476. The largest absolute Gasteiger partial charge is 0.495 e. The van der Waals surface area contributed by atoms with Gasteiger partial charge in [-0.05, 0) is 12.1 Å². The smallest absolute Gasteiger partial charge is 0.226 e. The highest BCUT2D eigenvalue weighted by atomic mass is 16.5. The lowest BCUT2D eigenvalue weighted by Crippen LogP contribution is -2.34. The van der Waals surface area contributed by atoms with Gasteiger partial charge in [0.25, 0.3) is 0 Å². The van der Waals surface area contributed by atoms with Crippen LogP contribution in [0.15, 0.2) is 24.3 Å². The van der Waals surface area contributed by atoms with Crippen molar-refractivity contribution in [1.82, 2.24) is 4.90 Å². The maximum absolute atomic E-state index is 11.9. The van der Waals surface area contributed by atoms with E-state index in [2.05, 4.69) is 5.32 Å². The zero-order chi connectivity index (χ0) is 15.7. The Morgan fingerprint density at radius 3 is 2.52 bits per heavy atom. The van der Waals surface area contributed by atoms with Gasteiger partial charge >= 0.3 is 0 Å². The second kappa shape index (κ2) is 8.97. The molecule has 0 aliphatic carbocycles. The monoisotopic (exact) mass is 294 g/mol. The second-order valence-electron chi connectivity index (χ2n) is 4.50. The molecule has 0 unspecified atom stereocenters. The highest BCUT2D eigenvalue weighted by Gasteiger charge is 2.12. The van der Waals surface area contributed by atoms with Crippen molar-refractivity contribution >= 4 is 17.5 Å². The molecule has 0 fully saturated rings. The Labute approximate surface area is 125 Å². The van der Waals surface area contributed by atoms with Crippen molar-refractivity contribution in [3.63, 3.8) is 0 Å². The van der Waals surface area contributed by atoms with E-state index in [1.807, 2.05) is 12.1 Å². The topological polar surface area (TPSA) is 67.9 Å². The van der Waals surface area contributed by atoms with Crippen molar-refractivity contribution in [3.05, 3.63) is 24.3 Å². The van der Waals surface area contributed by atoms with Crippen LogP contribution in [0.3, 0.4) is 0 Å². The number of amides is 2. The first-order valence-electron chi connectivity index (χ1n) is 6.75.